The Morgan fingerprint density at radius 1 is 1.12 bits per heavy atom. The Kier molecular flexibility index (Phi) is 5.90. The number of aryl methyl sites for hydroxylation is 3. The third-order valence-corrected chi connectivity index (χ3v) is 3.75. The van der Waals surface area contributed by atoms with Gasteiger partial charge in [-0.3, -0.25) is 9.59 Å². The van der Waals surface area contributed by atoms with Crippen molar-refractivity contribution >= 4 is 17.5 Å². The molecular formula is C18H24N4O3. The molecule has 25 heavy (non-hydrogen) atoms. The minimum absolute atomic E-state index is 0.179. The fraction of sp³-hybridized carbons (Fsp3) is 0.444. The standard InChI is InChI=1S/C18H24N4O3/c1-10(2)16-20-14(25-22-16)6-7-19-17(23)18(24)21-15-12(4)8-11(3)9-13(15)5/h8-10H,6-7H2,1-5H3,(H,19,23)(H,21,24). The minimum Gasteiger partial charge on any atom is -0.347 e. The monoisotopic (exact) mass is 344 g/mol. The summed E-state index contributed by atoms with van der Waals surface area (Å²) < 4.78 is 5.09. The van der Waals surface area contributed by atoms with Gasteiger partial charge in [-0.05, 0) is 31.9 Å². The summed E-state index contributed by atoms with van der Waals surface area (Å²) in [5.41, 5.74) is 3.62. The van der Waals surface area contributed by atoms with Crippen LogP contribution in [0.25, 0.3) is 0 Å². The summed E-state index contributed by atoms with van der Waals surface area (Å²) in [7, 11) is 0. The van der Waals surface area contributed by atoms with Crippen molar-refractivity contribution < 1.29 is 14.1 Å². The fourth-order valence-electron chi connectivity index (χ4n) is 2.51. The van der Waals surface area contributed by atoms with Crippen molar-refractivity contribution in [1.82, 2.24) is 15.5 Å². The van der Waals surface area contributed by atoms with Crippen LogP contribution in [0.15, 0.2) is 16.7 Å². The van der Waals surface area contributed by atoms with E-state index in [1.165, 1.54) is 0 Å². The highest BCUT2D eigenvalue weighted by Gasteiger charge is 2.16. The molecule has 0 atom stereocenters. The first-order valence-electron chi connectivity index (χ1n) is 8.27. The zero-order valence-corrected chi connectivity index (χ0v) is 15.3. The molecule has 0 radical (unpaired) electrons. The summed E-state index contributed by atoms with van der Waals surface area (Å²) in [5, 5.41) is 9.08. The molecule has 2 rings (SSSR count). The first-order chi connectivity index (χ1) is 11.8. The zero-order valence-electron chi connectivity index (χ0n) is 15.3. The average molecular weight is 344 g/mol. The van der Waals surface area contributed by atoms with Crippen LogP contribution < -0.4 is 10.6 Å². The first-order valence-corrected chi connectivity index (χ1v) is 8.27. The largest absolute Gasteiger partial charge is 0.347 e. The predicted octanol–water partition coefficient (Wildman–Crippen LogP) is 2.42. The highest BCUT2D eigenvalue weighted by atomic mass is 16.5. The Balaban J connectivity index is 1.87. The molecule has 1 aromatic carbocycles. The van der Waals surface area contributed by atoms with Gasteiger partial charge in [-0.2, -0.15) is 4.98 Å². The average Bonchev–Trinajstić information content (AvgIpc) is 2.99. The summed E-state index contributed by atoms with van der Waals surface area (Å²) in [5.74, 6) is -0.135. The lowest BCUT2D eigenvalue weighted by atomic mass is 10.1. The Labute approximate surface area is 147 Å². The Morgan fingerprint density at radius 2 is 1.76 bits per heavy atom. The third-order valence-electron chi connectivity index (χ3n) is 3.75. The first kappa shape index (κ1) is 18.6. The minimum atomic E-state index is -0.692. The van der Waals surface area contributed by atoms with Crippen LogP contribution >= 0.6 is 0 Å². The molecule has 0 aliphatic carbocycles. The molecule has 2 aromatic rings. The van der Waals surface area contributed by atoms with E-state index < -0.39 is 11.8 Å². The smallest absolute Gasteiger partial charge is 0.313 e. The number of benzene rings is 1. The van der Waals surface area contributed by atoms with Crippen molar-refractivity contribution in [3.05, 3.63) is 40.5 Å². The molecule has 0 unspecified atom stereocenters. The van der Waals surface area contributed by atoms with Crippen molar-refractivity contribution in [3.8, 4) is 0 Å². The maximum atomic E-state index is 12.1. The molecular weight excluding hydrogens is 320 g/mol. The lowest BCUT2D eigenvalue weighted by Gasteiger charge is -2.12. The van der Waals surface area contributed by atoms with Crippen LogP contribution in [-0.2, 0) is 16.0 Å². The number of hydrogen-bond donors (Lipinski definition) is 2. The Bertz CT molecular complexity index is 757. The van der Waals surface area contributed by atoms with Gasteiger partial charge in [0, 0.05) is 24.6 Å². The number of rotatable bonds is 5. The lowest BCUT2D eigenvalue weighted by Crippen LogP contribution is -2.36. The van der Waals surface area contributed by atoms with E-state index in [4.69, 9.17) is 4.52 Å². The Hall–Kier alpha value is -2.70. The molecule has 134 valence electrons. The van der Waals surface area contributed by atoms with Crippen LogP contribution in [-0.4, -0.2) is 28.5 Å². The third kappa shape index (κ3) is 4.89. The summed E-state index contributed by atoms with van der Waals surface area (Å²) in [6.45, 7) is 9.97. The van der Waals surface area contributed by atoms with E-state index in [1.807, 2.05) is 46.8 Å². The molecule has 0 aliphatic heterocycles. The summed E-state index contributed by atoms with van der Waals surface area (Å²) in [4.78, 5) is 28.2. The van der Waals surface area contributed by atoms with E-state index in [2.05, 4.69) is 20.8 Å². The maximum absolute atomic E-state index is 12.1. The van der Waals surface area contributed by atoms with Gasteiger partial charge < -0.3 is 15.2 Å². The van der Waals surface area contributed by atoms with E-state index in [-0.39, 0.29) is 12.5 Å². The second-order valence-electron chi connectivity index (χ2n) is 6.43. The second-order valence-corrected chi connectivity index (χ2v) is 6.43. The molecule has 0 aliphatic rings. The topological polar surface area (TPSA) is 97.1 Å². The van der Waals surface area contributed by atoms with Crippen LogP contribution in [0.1, 0.15) is 48.2 Å². The molecule has 1 aromatic heterocycles. The van der Waals surface area contributed by atoms with Crippen molar-refractivity contribution in [1.29, 1.82) is 0 Å². The van der Waals surface area contributed by atoms with Gasteiger partial charge in [-0.1, -0.05) is 36.7 Å². The fourth-order valence-corrected chi connectivity index (χ4v) is 2.51. The van der Waals surface area contributed by atoms with Gasteiger partial charge in [0.25, 0.3) is 0 Å². The van der Waals surface area contributed by atoms with Gasteiger partial charge in [0.1, 0.15) is 0 Å². The second kappa shape index (κ2) is 7.92. The summed E-state index contributed by atoms with van der Waals surface area (Å²) in [6, 6.07) is 3.92. The normalized spacial score (nSPS) is 10.8. The predicted molar refractivity (Wildman–Crippen MR) is 94.4 cm³/mol. The van der Waals surface area contributed by atoms with Crippen molar-refractivity contribution in [3.63, 3.8) is 0 Å². The molecule has 7 heteroatoms. The quantitative estimate of drug-likeness (QED) is 0.812. The van der Waals surface area contributed by atoms with Gasteiger partial charge >= 0.3 is 11.8 Å². The number of carbonyl (C=O) groups is 2. The molecule has 0 saturated heterocycles. The number of carbonyl (C=O) groups excluding carboxylic acids is 2. The number of aromatic nitrogens is 2. The van der Waals surface area contributed by atoms with Crippen LogP contribution in [0.4, 0.5) is 5.69 Å². The molecule has 0 bridgehead atoms. The van der Waals surface area contributed by atoms with Crippen LogP contribution in [0.5, 0.6) is 0 Å². The van der Waals surface area contributed by atoms with Gasteiger partial charge in [0.2, 0.25) is 5.89 Å². The number of hydrogen-bond acceptors (Lipinski definition) is 5. The zero-order chi connectivity index (χ0) is 18.6. The van der Waals surface area contributed by atoms with E-state index in [0.717, 1.165) is 16.7 Å². The van der Waals surface area contributed by atoms with Crippen molar-refractivity contribution in [2.24, 2.45) is 0 Å². The van der Waals surface area contributed by atoms with E-state index in [9.17, 15) is 9.59 Å². The SMILES string of the molecule is Cc1cc(C)c(NC(=O)C(=O)NCCc2nc(C(C)C)no2)c(C)c1. The molecule has 0 spiro atoms. The van der Waals surface area contributed by atoms with Gasteiger partial charge in [-0.25, -0.2) is 0 Å². The summed E-state index contributed by atoms with van der Waals surface area (Å²) in [6.07, 6.45) is 0.376. The number of nitrogens with one attached hydrogen (secondary N) is 2. The van der Waals surface area contributed by atoms with Crippen LogP contribution in [0, 0.1) is 20.8 Å². The molecule has 7 nitrogen and oxygen atoms in total. The molecule has 2 amide bonds. The number of amides is 2. The van der Waals surface area contributed by atoms with E-state index in [0.29, 0.717) is 23.8 Å². The lowest BCUT2D eigenvalue weighted by molar-refractivity contribution is -0.136. The maximum Gasteiger partial charge on any atom is 0.313 e. The van der Waals surface area contributed by atoms with Gasteiger partial charge in [-0.15, -0.1) is 0 Å². The summed E-state index contributed by atoms with van der Waals surface area (Å²) >= 11 is 0. The number of anilines is 1. The van der Waals surface area contributed by atoms with Crippen LogP contribution in [0.3, 0.4) is 0 Å². The highest BCUT2D eigenvalue weighted by molar-refractivity contribution is 6.39. The van der Waals surface area contributed by atoms with Gasteiger partial charge in [0.05, 0.1) is 0 Å². The van der Waals surface area contributed by atoms with Gasteiger partial charge in [0.15, 0.2) is 5.82 Å². The molecule has 2 N–H and O–H groups in total. The Morgan fingerprint density at radius 3 is 2.32 bits per heavy atom. The number of nitrogens with zero attached hydrogens (tertiary/aromatic N) is 2. The van der Waals surface area contributed by atoms with Crippen molar-refractivity contribution in [2.45, 2.75) is 47.0 Å². The van der Waals surface area contributed by atoms with Crippen LogP contribution in [0.2, 0.25) is 0 Å². The molecule has 1 heterocycles. The van der Waals surface area contributed by atoms with E-state index in [1.54, 1.807) is 0 Å². The van der Waals surface area contributed by atoms with Crippen molar-refractivity contribution in [2.75, 3.05) is 11.9 Å². The molecule has 0 fully saturated rings. The van der Waals surface area contributed by atoms with E-state index >= 15 is 0 Å². The molecule has 0 saturated carbocycles. The highest BCUT2D eigenvalue weighted by Crippen LogP contribution is 2.21.